The SMILES string of the molecule is COc1ccc(NC(=O)[C@H](C)N2CCN(c3cccc(C)c3C)CC2)c([N+](=O)[O-])c1. The maximum Gasteiger partial charge on any atom is 0.296 e. The average Bonchev–Trinajstić information content (AvgIpc) is 2.75. The molecule has 1 aliphatic heterocycles. The van der Waals surface area contributed by atoms with Crippen LogP contribution in [0, 0.1) is 24.0 Å². The molecule has 1 saturated heterocycles. The number of nitro groups is 1. The topological polar surface area (TPSA) is 88.0 Å². The smallest absolute Gasteiger partial charge is 0.296 e. The Morgan fingerprint density at radius 1 is 1.17 bits per heavy atom. The lowest BCUT2D eigenvalue weighted by atomic mass is 10.1. The van der Waals surface area contributed by atoms with Crippen LogP contribution in [0.3, 0.4) is 0 Å². The van der Waals surface area contributed by atoms with Crippen LogP contribution in [-0.2, 0) is 4.79 Å². The summed E-state index contributed by atoms with van der Waals surface area (Å²) in [6.45, 7) is 9.21. The lowest BCUT2D eigenvalue weighted by molar-refractivity contribution is -0.384. The molecule has 1 heterocycles. The zero-order valence-electron chi connectivity index (χ0n) is 17.8. The van der Waals surface area contributed by atoms with Crippen molar-refractivity contribution >= 4 is 23.0 Å². The molecule has 0 radical (unpaired) electrons. The zero-order valence-corrected chi connectivity index (χ0v) is 17.8. The number of rotatable bonds is 6. The number of carbonyl (C=O) groups is 1. The highest BCUT2D eigenvalue weighted by atomic mass is 16.6. The van der Waals surface area contributed by atoms with Gasteiger partial charge in [0.2, 0.25) is 5.91 Å². The number of nitrogens with one attached hydrogen (secondary N) is 1. The van der Waals surface area contributed by atoms with Gasteiger partial charge in [0.15, 0.2) is 0 Å². The Hall–Kier alpha value is -3.13. The summed E-state index contributed by atoms with van der Waals surface area (Å²) in [4.78, 5) is 28.0. The maximum absolute atomic E-state index is 12.8. The Bertz CT molecular complexity index is 939. The van der Waals surface area contributed by atoms with Gasteiger partial charge in [-0.2, -0.15) is 0 Å². The van der Waals surface area contributed by atoms with Gasteiger partial charge in [-0.1, -0.05) is 12.1 Å². The first-order valence-electron chi connectivity index (χ1n) is 10.0. The van der Waals surface area contributed by atoms with Crippen molar-refractivity contribution in [2.75, 3.05) is 43.5 Å². The molecule has 1 aliphatic rings. The second-order valence-corrected chi connectivity index (χ2v) is 7.55. The molecule has 0 spiro atoms. The van der Waals surface area contributed by atoms with E-state index in [4.69, 9.17) is 4.74 Å². The van der Waals surface area contributed by atoms with Crippen molar-refractivity contribution < 1.29 is 14.5 Å². The lowest BCUT2D eigenvalue weighted by Gasteiger charge is -2.39. The number of carbonyl (C=O) groups excluding carboxylic acids is 1. The van der Waals surface area contributed by atoms with Gasteiger partial charge >= 0.3 is 0 Å². The number of benzene rings is 2. The lowest BCUT2D eigenvalue weighted by Crippen LogP contribution is -2.53. The summed E-state index contributed by atoms with van der Waals surface area (Å²) in [5.74, 6) is 0.110. The number of hydrogen-bond acceptors (Lipinski definition) is 6. The van der Waals surface area contributed by atoms with E-state index in [0.717, 1.165) is 26.2 Å². The Labute approximate surface area is 176 Å². The van der Waals surface area contributed by atoms with Gasteiger partial charge in [-0.05, 0) is 50.1 Å². The van der Waals surface area contributed by atoms with Gasteiger partial charge in [-0.25, -0.2) is 0 Å². The van der Waals surface area contributed by atoms with E-state index < -0.39 is 11.0 Å². The number of methoxy groups -OCH3 is 1. The molecule has 3 rings (SSSR count). The standard InChI is InChI=1S/C22H28N4O4/c1-15-6-5-7-20(16(15)2)25-12-10-24(11-13-25)17(3)22(27)23-19-9-8-18(30-4)14-21(19)26(28)29/h5-9,14,17H,10-13H2,1-4H3,(H,23,27)/t17-/m0/s1. The van der Waals surface area contributed by atoms with Crippen LogP contribution in [0.2, 0.25) is 0 Å². The molecule has 1 fully saturated rings. The number of anilines is 2. The van der Waals surface area contributed by atoms with Crippen LogP contribution in [-0.4, -0.2) is 55.1 Å². The molecule has 8 nitrogen and oxygen atoms in total. The van der Waals surface area contributed by atoms with E-state index in [1.807, 2.05) is 6.92 Å². The summed E-state index contributed by atoms with van der Waals surface area (Å²) in [6.07, 6.45) is 0. The largest absolute Gasteiger partial charge is 0.496 e. The average molecular weight is 412 g/mol. The molecule has 0 aliphatic carbocycles. The molecule has 1 N–H and O–H groups in total. The van der Waals surface area contributed by atoms with Crippen LogP contribution in [0.4, 0.5) is 17.1 Å². The summed E-state index contributed by atoms with van der Waals surface area (Å²) in [6, 6.07) is 10.3. The van der Waals surface area contributed by atoms with E-state index in [1.54, 1.807) is 6.07 Å². The van der Waals surface area contributed by atoms with Gasteiger partial charge in [0.25, 0.3) is 5.69 Å². The van der Waals surface area contributed by atoms with E-state index in [2.05, 4.69) is 47.2 Å². The predicted molar refractivity (Wildman–Crippen MR) is 117 cm³/mol. The Morgan fingerprint density at radius 2 is 1.87 bits per heavy atom. The molecule has 0 saturated carbocycles. The van der Waals surface area contributed by atoms with Gasteiger partial charge < -0.3 is 15.0 Å². The Kier molecular flexibility index (Phi) is 6.56. The van der Waals surface area contributed by atoms with Crippen molar-refractivity contribution in [1.82, 2.24) is 4.90 Å². The summed E-state index contributed by atoms with van der Waals surface area (Å²) in [5.41, 5.74) is 3.77. The minimum atomic E-state index is -0.522. The van der Waals surface area contributed by atoms with Gasteiger partial charge in [0, 0.05) is 31.9 Å². The predicted octanol–water partition coefficient (Wildman–Crippen LogP) is 3.37. The number of hydrogen-bond donors (Lipinski definition) is 1. The first kappa shape index (κ1) is 21.6. The molecule has 0 bridgehead atoms. The fourth-order valence-electron chi connectivity index (χ4n) is 3.73. The number of piperazine rings is 1. The van der Waals surface area contributed by atoms with Crippen LogP contribution in [0.1, 0.15) is 18.1 Å². The van der Waals surface area contributed by atoms with Crippen molar-refractivity contribution in [2.45, 2.75) is 26.8 Å². The van der Waals surface area contributed by atoms with Gasteiger partial charge in [-0.15, -0.1) is 0 Å². The minimum absolute atomic E-state index is 0.173. The maximum atomic E-state index is 12.8. The number of amides is 1. The van der Waals surface area contributed by atoms with Crippen molar-refractivity contribution in [3.05, 3.63) is 57.6 Å². The molecule has 2 aromatic carbocycles. The quantitative estimate of drug-likeness (QED) is 0.578. The van der Waals surface area contributed by atoms with Crippen molar-refractivity contribution in [3.8, 4) is 5.75 Å². The van der Waals surface area contributed by atoms with Crippen molar-refractivity contribution in [2.24, 2.45) is 0 Å². The summed E-state index contributed by atoms with van der Waals surface area (Å²) < 4.78 is 5.04. The third-order valence-corrected chi connectivity index (χ3v) is 5.82. The van der Waals surface area contributed by atoms with E-state index in [9.17, 15) is 14.9 Å². The van der Waals surface area contributed by atoms with Crippen molar-refractivity contribution in [3.63, 3.8) is 0 Å². The second-order valence-electron chi connectivity index (χ2n) is 7.55. The van der Waals surface area contributed by atoms with E-state index in [-0.39, 0.29) is 17.3 Å². The number of nitro benzene ring substituents is 1. The molecule has 30 heavy (non-hydrogen) atoms. The molecule has 160 valence electrons. The monoisotopic (exact) mass is 412 g/mol. The van der Waals surface area contributed by atoms with Gasteiger partial charge in [0.05, 0.1) is 24.1 Å². The first-order valence-corrected chi connectivity index (χ1v) is 10.0. The Balaban J connectivity index is 1.64. The summed E-state index contributed by atoms with van der Waals surface area (Å²) in [5, 5.41) is 14.1. The van der Waals surface area contributed by atoms with Crippen LogP contribution in [0.15, 0.2) is 36.4 Å². The molecular formula is C22H28N4O4. The molecule has 2 aromatic rings. The zero-order chi connectivity index (χ0) is 21.8. The fourth-order valence-corrected chi connectivity index (χ4v) is 3.73. The third kappa shape index (κ3) is 4.54. The molecule has 1 amide bonds. The number of aryl methyl sites for hydroxylation is 1. The minimum Gasteiger partial charge on any atom is -0.496 e. The fraction of sp³-hybridized carbons (Fsp3) is 0.409. The molecule has 1 atom stereocenters. The van der Waals surface area contributed by atoms with Crippen LogP contribution in [0.25, 0.3) is 0 Å². The van der Waals surface area contributed by atoms with E-state index >= 15 is 0 Å². The van der Waals surface area contributed by atoms with Crippen LogP contribution in [0.5, 0.6) is 5.75 Å². The number of ether oxygens (including phenoxy) is 1. The highest BCUT2D eigenvalue weighted by Gasteiger charge is 2.27. The summed E-state index contributed by atoms with van der Waals surface area (Å²) >= 11 is 0. The Morgan fingerprint density at radius 3 is 2.50 bits per heavy atom. The number of nitrogens with zero attached hydrogens (tertiary/aromatic N) is 3. The first-order chi connectivity index (χ1) is 14.3. The van der Waals surface area contributed by atoms with E-state index in [1.165, 1.54) is 36.1 Å². The summed E-state index contributed by atoms with van der Waals surface area (Å²) in [7, 11) is 1.44. The highest BCUT2D eigenvalue weighted by Crippen LogP contribution is 2.29. The molecular weight excluding hydrogens is 384 g/mol. The van der Waals surface area contributed by atoms with E-state index in [0.29, 0.717) is 5.75 Å². The molecule has 8 heteroatoms. The van der Waals surface area contributed by atoms with Gasteiger partial charge in [0.1, 0.15) is 11.4 Å². The second kappa shape index (κ2) is 9.13. The van der Waals surface area contributed by atoms with Gasteiger partial charge in [-0.3, -0.25) is 19.8 Å². The van der Waals surface area contributed by atoms with Crippen molar-refractivity contribution in [1.29, 1.82) is 0 Å². The normalized spacial score (nSPS) is 15.5. The molecule has 0 unspecified atom stereocenters. The third-order valence-electron chi connectivity index (χ3n) is 5.82. The van der Waals surface area contributed by atoms with Crippen LogP contribution < -0.4 is 15.0 Å². The molecule has 0 aromatic heterocycles. The highest BCUT2D eigenvalue weighted by molar-refractivity contribution is 5.96. The van der Waals surface area contributed by atoms with Crippen LogP contribution >= 0.6 is 0 Å².